The lowest BCUT2D eigenvalue weighted by Gasteiger charge is -2.37. The van der Waals surface area contributed by atoms with Gasteiger partial charge in [0.1, 0.15) is 0 Å². The van der Waals surface area contributed by atoms with Crippen molar-refractivity contribution in [3.05, 3.63) is 65.2 Å². The Morgan fingerprint density at radius 3 is 2.41 bits per heavy atom. The zero-order valence-corrected chi connectivity index (χ0v) is 15.3. The first-order chi connectivity index (χ1) is 12.9. The van der Waals surface area contributed by atoms with Crippen LogP contribution in [0.2, 0.25) is 0 Å². The summed E-state index contributed by atoms with van der Waals surface area (Å²) < 4.78 is 38.4. The molecule has 1 fully saturated rings. The number of thioether (sulfide) groups is 1. The number of alkyl halides is 3. The van der Waals surface area contributed by atoms with Crippen molar-refractivity contribution in [3.63, 3.8) is 0 Å². The molecule has 1 aliphatic rings. The number of anilines is 1. The number of nitrogen functional groups attached to an aromatic ring is 1. The first kappa shape index (κ1) is 19.6. The van der Waals surface area contributed by atoms with Gasteiger partial charge in [-0.05, 0) is 48.4 Å². The molecule has 0 bridgehead atoms. The Bertz CT molecular complexity index is 778. The molecule has 1 amide bonds. The number of nitrogens with two attached hydrogens (primary N) is 1. The van der Waals surface area contributed by atoms with Gasteiger partial charge in [0.15, 0.2) is 0 Å². The second-order valence-corrected chi connectivity index (χ2v) is 7.49. The summed E-state index contributed by atoms with van der Waals surface area (Å²) in [5.41, 5.74) is 3.81. The van der Waals surface area contributed by atoms with Crippen LogP contribution in [-0.2, 0) is 12.6 Å². The fourth-order valence-electron chi connectivity index (χ4n) is 3.15. The van der Waals surface area contributed by atoms with E-state index < -0.39 is 11.7 Å². The molecule has 1 heterocycles. The molecule has 0 saturated carbocycles. The fraction of sp³-hybridized carbons (Fsp3) is 0.316. The van der Waals surface area contributed by atoms with E-state index >= 15 is 0 Å². The zero-order valence-electron chi connectivity index (χ0n) is 14.5. The number of halogens is 3. The number of hydrogen-bond acceptors (Lipinski definition) is 4. The van der Waals surface area contributed by atoms with Crippen LogP contribution in [0.1, 0.15) is 21.5 Å². The van der Waals surface area contributed by atoms with E-state index in [0.717, 1.165) is 47.9 Å². The second-order valence-electron chi connectivity index (χ2n) is 6.34. The van der Waals surface area contributed by atoms with Crippen LogP contribution < -0.4 is 16.2 Å². The number of benzene rings is 2. The number of hydrazine groups is 1. The summed E-state index contributed by atoms with van der Waals surface area (Å²) in [6, 6.07) is 12.7. The predicted molar refractivity (Wildman–Crippen MR) is 102 cm³/mol. The largest absolute Gasteiger partial charge is 0.416 e. The molecule has 2 aromatic carbocycles. The van der Waals surface area contributed by atoms with Crippen LogP contribution in [-0.4, -0.2) is 30.0 Å². The molecule has 2 aromatic rings. The van der Waals surface area contributed by atoms with E-state index in [1.807, 2.05) is 23.9 Å². The highest BCUT2D eigenvalue weighted by Crippen LogP contribution is 2.32. The van der Waals surface area contributed by atoms with E-state index in [1.165, 1.54) is 0 Å². The van der Waals surface area contributed by atoms with Crippen LogP contribution in [0.4, 0.5) is 18.9 Å². The van der Waals surface area contributed by atoms with Crippen LogP contribution in [0, 0.1) is 0 Å². The van der Waals surface area contributed by atoms with Crippen molar-refractivity contribution in [1.82, 2.24) is 5.43 Å². The molecule has 8 heteroatoms. The minimum atomic E-state index is -4.33. The van der Waals surface area contributed by atoms with Crippen LogP contribution in [0.25, 0.3) is 0 Å². The number of rotatable bonds is 4. The number of amides is 1. The van der Waals surface area contributed by atoms with Gasteiger partial charge in [-0.2, -0.15) is 24.9 Å². The molecule has 27 heavy (non-hydrogen) atoms. The maximum atomic E-state index is 12.8. The van der Waals surface area contributed by atoms with Gasteiger partial charge in [-0.3, -0.25) is 10.2 Å². The van der Waals surface area contributed by atoms with Gasteiger partial charge in [-0.15, -0.1) is 0 Å². The van der Waals surface area contributed by atoms with Crippen molar-refractivity contribution in [2.75, 3.05) is 23.0 Å². The highest BCUT2D eigenvalue weighted by molar-refractivity contribution is 7.99. The zero-order chi connectivity index (χ0) is 19.4. The first-order valence-electron chi connectivity index (χ1n) is 8.50. The Hall–Kier alpha value is -2.19. The highest BCUT2D eigenvalue weighted by Gasteiger charge is 2.31. The maximum Gasteiger partial charge on any atom is 0.416 e. The molecule has 144 valence electrons. The van der Waals surface area contributed by atoms with Gasteiger partial charge in [0, 0.05) is 35.3 Å². The SMILES string of the molecule is NNC(=O)c1ccc(CC2CSCCN2c2ccc(C(F)(F)F)cc2)cc1. The topological polar surface area (TPSA) is 58.4 Å². The minimum absolute atomic E-state index is 0.176. The summed E-state index contributed by atoms with van der Waals surface area (Å²) in [6.45, 7) is 0.786. The number of nitrogens with zero attached hydrogens (tertiary/aromatic N) is 1. The number of carbonyl (C=O) groups is 1. The second kappa shape index (κ2) is 8.22. The molecule has 3 rings (SSSR count). The van der Waals surface area contributed by atoms with Crippen molar-refractivity contribution in [2.24, 2.45) is 5.84 Å². The molecule has 1 aliphatic heterocycles. The van der Waals surface area contributed by atoms with E-state index in [1.54, 1.807) is 24.3 Å². The summed E-state index contributed by atoms with van der Waals surface area (Å²) in [6.07, 6.45) is -3.58. The monoisotopic (exact) mass is 395 g/mol. The van der Waals surface area contributed by atoms with Crippen molar-refractivity contribution < 1.29 is 18.0 Å². The predicted octanol–water partition coefficient (Wildman–Crippen LogP) is 3.47. The van der Waals surface area contributed by atoms with Gasteiger partial charge in [0.2, 0.25) is 0 Å². The maximum absolute atomic E-state index is 12.8. The standard InChI is InChI=1S/C19H20F3N3OS/c20-19(21,22)15-5-7-16(8-6-15)25-9-10-27-12-17(25)11-13-1-3-14(4-2-13)18(26)24-23/h1-8,17H,9-12,23H2,(H,24,26). The van der Waals surface area contributed by atoms with E-state index in [2.05, 4.69) is 10.3 Å². The molecular weight excluding hydrogens is 375 g/mol. The Morgan fingerprint density at radius 2 is 1.81 bits per heavy atom. The van der Waals surface area contributed by atoms with Crippen LogP contribution in [0.3, 0.4) is 0 Å². The third kappa shape index (κ3) is 4.75. The van der Waals surface area contributed by atoms with Crippen molar-refractivity contribution >= 4 is 23.4 Å². The molecular formula is C19H20F3N3OS. The van der Waals surface area contributed by atoms with Crippen molar-refractivity contribution in [3.8, 4) is 0 Å². The molecule has 1 atom stereocenters. The summed E-state index contributed by atoms with van der Waals surface area (Å²) in [7, 11) is 0. The number of carbonyl (C=O) groups excluding carboxylic acids is 1. The quantitative estimate of drug-likeness (QED) is 0.473. The van der Waals surface area contributed by atoms with E-state index in [9.17, 15) is 18.0 Å². The average Bonchev–Trinajstić information content (AvgIpc) is 2.68. The van der Waals surface area contributed by atoms with E-state index in [0.29, 0.717) is 5.56 Å². The summed E-state index contributed by atoms with van der Waals surface area (Å²) in [5.74, 6) is 6.62. The molecule has 0 aliphatic carbocycles. The fourth-order valence-corrected chi connectivity index (χ4v) is 4.22. The Kier molecular flexibility index (Phi) is 5.96. The lowest BCUT2D eigenvalue weighted by atomic mass is 10.0. The molecule has 1 unspecified atom stereocenters. The van der Waals surface area contributed by atoms with Crippen molar-refractivity contribution in [1.29, 1.82) is 0 Å². The van der Waals surface area contributed by atoms with Gasteiger partial charge < -0.3 is 4.90 Å². The van der Waals surface area contributed by atoms with Gasteiger partial charge >= 0.3 is 6.18 Å². The molecule has 0 radical (unpaired) electrons. The Labute approximate surface area is 159 Å². The smallest absolute Gasteiger partial charge is 0.367 e. The average molecular weight is 395 g/mol. The summed E-state index contributed by atoms with van der Waals surface area (Å²) >= 11 is 1.84. The van der Waals surface area contributed by atoms with Crippen LogP contribution in [0.5, 0.6) is 0 Å². The number of nitrogens with one attached hydrogen (secondary N) is 1. The van der Waals surface area contributed by atoms with Gasteiger partial charge in [0.25, 0.3) is 5.91 Å². The van der Waals surface area contributed by atoms with E-state index in [-0.39, 0.29) is 11.9 Å². The summed E-state index contributed by atoms with van der Waals surface area (Å²) in [5, 5.41) is 0. The third-order valence-electron chi connectivity index (χ3n) is 4.57. The van der Waals surface area contributed by atoms with Crippen molar-refractivity contribution in [2.45, 2.75) is 18.6 Å². The Balaban J connectivity index is 1.74. The molecule has 1 saturated heterocycles. The first-order valence-corrected chi connectivity index (χ1v) is 9.65. The van der Waals surface area contributed by atoms with Gasteiger partial charge in [0.05, 0.1) is 5.56 Å². The molecule has 0 spiro atoms. The van der Waals surface area contributed by atoms with Gasteiger partial charge in [-0.25, -0.2) is 5.84 Å². The normalized spacial score (nSPS) is 17.6. The third-order valence-corrected chi connectivity index (χ3v) is 5.66. The van der Waals surface area contributed by atoms with Gasteiger partial charge in [-0.1, -0.05) is 12.1 Å². The van der Waals surface area contributed by atoms with E-state index in [4.69, 9.17) is 5.84 Å². The molecule has 0 aromatic heterocycles. The lowest BCUT2D eigenvalue weighted by Crippen LogP contribution is -2.43. The molecule has 3 N–H and O–H groups in total. The highest BCUT2D eigenvalue weighted by atomic mass is 32.2. The summed E-state index contributed by atoms with van der Waals surface area (Å²) in [4.78, 5) is 13.7. The molecule has 4 nitrogen and oxygen atoms in total. The Morgan fingerprint density at radius 1 is 1.15 bits per heavy atom. The lowest BCUT2D eigenvalue weighted by molar-refractivity contribution is -0.137. The van der Waals surface area contributed by atoms with Crippen LogP contribution in [0.15, 0.2) is 48.5 Å². The minimum Gasteiger partial charge on any atom is -0.367 e. The number of hydrogen-bond donors (Lipinski definition) is 2. The van der Waals surface area contributed by atoms with Crippen LogP contribution >= 0.6 is 11.8 Å².